The first kappa shape index (κ1) is 12.7. The molecule has 0 radical (unpaired) electrons. The van der Waals surface area contributed by atoms with Crippen LogP contribution >= 0.6 is 12.2 Å². The summed E-state index contributed by atoms with van der Waals surface area (Å²) in [5, 5.41) is 20.2. The van der Waals surface area contributed by atoms with Crippen molar-refractivity contribution in [3.63, 3.8) is 0 Å². The lowest BCUT2D eigenvalue weighted by Gasteiger charge is -2.27. The van der Waals surface area contributed by atoms with Crippen LogP contribution in [0.15, 0.2) is 0 Å². The van der Waals surface area contributed by atoms with Gasteiger partial charge in [0.15, 0.2) is 5.11 Å². The van der Waals surface area contributed by atoms with Gasteiger partial charge in [-0.2, -0.15) is 5.26 Å². The Balaban J connectivity index is 4.47. The fourth-order valence-corrected chi connectivity index (χ4v) is 1.17. The molecule has 0 rings (SSSR count). The third-order valence-corrected chi connectivity index (χ3v) is 2.20. The molecular weight excluding hydrogens is 202 g/mol. The maximum absolute atomic E-state index is 10.7. The zero-order valence-electron chi connectivity index (χ0n) is 8.15. The molecule has 0 aliphatic heterocycles. The molecule has 78 valence electrons. The molecule has 0 aromatic heterocycles. The number of nitriles is 1. The van der Waals surface area contributed by atoms with E-state index in [4.69, 9.17) is 22.6 Å². The number of nitrogens with one attached hydrogen (secondary N) is 1. The first-order chi connectivity index (χ1) is 6.54. The van der Waals surface area contributed by atoms with Crippen LogP contribution in [0.3, 0.4) is 0 Å². The average molecular weight is 215 g/mol. The minimum Gasteiger partial charge on any atom is -0.480 e. The molecule has 5 nitrogen and oxygen atoms in total. The lowest BCUT2D eigenvalue weighted by Crippen LogP contribution is -2.47. The molecule has 0 bridgehead atoms. The molecule has 1 atom stereocenters. The zero-order valence-corrected chi connectivity index (χ0v) is 8.97. The van der Waals surface area contributed by atoms with E-state index in [-0.39, 0.29) is 6.42 Å². The van der Waals surface area contributed by atoms with Gasteiger partial charge in [0.05, 0.1) is 12.5 Å². The largest absolute Gasteiger partial charge is 0.480 e. The van der Waals surface area contributed by atoms with E-state index in [1.54, 1.807) is 7.05 Å². The first-order valence-corrected chi connectivity index (χ1v) is 4.53. The monoisotopic (exact) mass is 215 g/mol. The van der Waals surface area contributed by atoms with Gasteiger partial charge < -0.3 is 15.3 Å². The molecule has 2 N–H and O–H groups in total. The van der Waals surface area contributed by atoms with E-state index in [1.807, 2.05) is 6.07 Å². The Morgan fingerprint density at radius 2 is 2.36 bits per heavy atom. The Hall–Kier alpha value is -1.35. The number of carbonyl (C=O) groups is 1. The molecule has 0 aromatic carbocycles. The molecule has 0 saturated carbocycles. The first-order valence-electron chi connectivity index (χ1n) is 4.12. The summed E-state index contributed by atoms with van der Waals surface area (Å²) in [6.07, 6.45) is 0.249. The molecular formula is C8H13N3O2S. The van der Waals surface area contributed by atoms with Crippen LogP contribution in [0.25, 0.3) is 0 Å². The number of rotatable bonds is 4. The Morgan fingerprint density at radius 1 is 1.79 bits per heavy atom. The van der Waals surface area contributed by atoms with E-state index in [1.165, 1.54) is 11.8 Å². The van der Waals surface area contributed by atoms with Crippen molar-refractivity contribution in [2.24, 2.45) is 0 Å². The van der Waals surface area contributed by atoms with Crippen LogP contribution in [-0.2, 0) is 4.79 Å². The van der Waals surface area contributed by atoms with Gasteiger partial charge in [-0.3, -0.25) is 0 Å². The van der Waals surface area contributed by atoms with Crippen LogP contribution < -0.4 is 5.32 Å². The number of hydrogen-bond donors (Lipinski definition) is 2. The standard InChI is InChI=1S/C8H13N3O2S/c1-6(7(12)13)11(5-3-4-9)8(14)10-2/h6H,3,5H2,1-2H3,(H,10,14)(H,12,13). The molecule has 0 saturated heterocycles. The third kappa shape index (κ3) is 3.58. The Labute approximate surface area is 88.3 Å². The number of carboxylic acid groups (broad SMARTS) is 1. The van der Waals surface area contributed by atoms with E-state index in [9.17, 15) is 4.79 Å². The highest BCUT2D eigenvalue weighted by molar-refractivity contribution is 7.80. The van der Waals surface area contributed by atoms with E-state index >= 15 is 0 Å². The van der Waals surface area contributed by atoms with Crippen molar-refractivity contribution in [1.29, 1.82) is 5.26 Å². The van der Waals surface area contributed by atoms with Crippen LogP contribution in [0.2, 0.25) is 0 Å². The summed E-state index contributed by atoms with van der Waals surface area (Å²) in [4.78, 5) is 12.2. The maximum atomic E-state index is 10.7. The number of carboxylic acids is 1. The van der Waals surface area contributed by atoms with Gasteiger partial charge in [0.1, 0.15) is 6.04 Å². The molecule has 0 spiro atoms. The van der Waals surface area contributed by atoms with Crippen molar-refractivity contribution < 1.29 is 9.90 Å². The number of aliphatic carboxylic acids is 1. The number of nitrogens with zero attached hydrogens (tertiary/aromatic N) is 2. The van der Waals surface area contributed by atoms with Crippen LogP contribution in [0.4, 0.5) is 0 Å². The van der Waals surface area contributed by atoms with Crippen molar-refractivity contribution in [3.8, 4) is 6.07 Å². The predicted molar refractivity (Wildman–Crippen MR) is 55.7 cm³/mol. The zero-order chi connectivity index (χ0) is 11.1. The second kappa shape index (κ2) is 6.16. The van der Waals surface area contributed by atoms with Gasteiger partial charge in [-0.25, -0.2) is 4.79 Å². The van der Waals surface area contributed by atoms with Gasteiger partial charge in [-0.05, 0) is 19.1 Å². The molecule has 1 unspecified atom stereocenters. The summed E-state index contributed by atoms with van der Waals surface area (Å²) >= 11 is 4.93. The minimum absolute atomic E-state index is 0.249. The highest BCUT2D eigenvalue weighted by atomic mass is 32.1. The minimum atomic E-state index is -0.958. The molecule has 14 heavy (non-hydrogen) atoms. The van der Waals surface area contributed by atoms with E-state index in [2.05, 4.69) is 5.32 Å². The van der Waals surface area contributed by atoms with Crippen LogP contribution in [0, 0.1) is 11.3 Å². The quantitative estimate of drug-likeness (QED) is 0.651. The third-order valence-electron chi connectivity index (χ3n) is 1.76. The van der Waals surface area contributed by atoms with Gasteiger partial charge in [-0.15, -0.1) is 0 Å². The molecule has 6 heteroatoms. The maximum Gasteiger partial charge on any atom is 0.326 e. The Kier molecular flexibility index (Phi) is 5.56. The van der Waals surface area contributed by atoms with E-state index in [0.29, 0.717) is 11.7 Å². The summed E-state index contributed by atoms with van der Waals surface area (Å²) in [5.74, 6) is -0.958. The van der Waals surface area contributed by atoms with Crippen molar-refractivity contribution in [2.75, 3.05) is 13.6 Å². The summed E-state index contributed by atoms with van der Waals surface area (Å²) in [6, 6.07) is 1.23. The summed E-state index contributed by atoms with van der Waals surface area (Å²) in [5.41, 5.74) is 0. The molecule has 0 aromatic rings. The highest BCUT2D eigenvalue weighted by Crippen LogP contribution is 2.01. The molecule has 0 fully saturated rings. The lowest BCUT2D eigenvalue weighted by molar-refractivity contribution is -0.141. The van der Waals surface area contributed by atoms with Crippen LogP contribution in [0.1, 0.15) is 13.3 Å². The smallest absolute Gasteiger partial charge is 0.326 e. The second-order valence-corrected chi connectivity index (χ2v) is 3.06. The number of thiocarbonyl (C=S) groups is 1. The normalized spacial score (nSPS) is 11.2. The van der Waals surface area contributed by atoms with Gasteiger partial charge in [0.2, 0.25) is 0 Å². The number of hydrogen-bond acceptors (Lipinski definition) is 3. The molecule has 0 heterocycles. The Bertz CT molecular complexity index is 262. The molecule has 0 amide bonds. The molecule has 0 aliphatic rings. The fourth-order valence-electron chi connectivity index (χ4n) is 0.918. The van der Waals surface area contributed by atoms with E-state index < -0.39 is 12.0 Å². The summed E-state index contributed by atoms with van der Waals surface area (Å²) < 4.78 is 0. The van der Waals surface area contributed by atoms with Gasteiger partial charge in [-0.1, -0.05) is 0 Å². The summed E-state index contributed by atoms with van der Waals surface area (Å²) in [6.45, 7) is 1.85. The van der Waals surface area contributed by atoms with Gasteiger partial charge in [0.25, 0.3) is 0 Å². The highest BCUT2D eigenvalue weighted by Gasteiger charge is 2.21. The van der Waals surface area contributed by atoms with E-state index in [0.717, 1.165) is 0 Å². The van der Waals surface area contributed by atoms with Crippen molar-refractivity contribution in [2.45, 2.75) is 19.4 Å². The topological polar surface area (TPSA) is 76.4 Å². The fraction of sp³-hybridized carbons (Fsp3) is 0.625. The van der Waals surface area contributed by atoms with Crippen LogP contribution in [0.5, 0.6) is 0 Å². The average Bonchev–Trinajstić information content (AvgIpc) is 2.17. The van der Waals surface area contributed by atoms with Crippen molar-refractivity contribution in [3.05, 3.63) is 0 Å². The van der Waals surface area contributed by atoms with Gasteiger partial charge >= 0.3 is 5.97 Å². The summed E-state index contributed by atoms with van der Waals surface area (Å²) in [7, 11) is 1.62. The predicted octanol–water partition coefficient (Wildman–Crippen LogP) is 0.179. The second-order valence-electron chi connectivity index (χ2n) is 2.67. The lowest BCUT2D eigenvalue weighted by atomic mass is 10.3. The SMILES string of the molecule is CNC(=S)N(CCC#N)C(C)C(=O)O. The van der Waals surface area contributed by atoms with Crippen molar-refractivity contribution >= 4 is 23.3 Å². The Morgan fingerprint density at radius 3 is 2.71 bits per heavy atom. The van der Waals surface area contributed by atoms with Crippen LogP contribution in [-0.4, -0.2) is 40.7 Å². The molecule has 0 aliphatic carbocycles. The van der Waals surface area contributed by atoms with Crippen molar-refractivity contribution in [1.82, 2.24) is 10.2 Å². The van der Waals surface area contributed by atoms with Gasteiger partial charge in [0, 0.05) is 13.6 Å².